The van der Waals surface area contributed by atoms with E-state index in [1.807, 2.05) is 22.9 Å². The maximum atomic E-state index is 6.29. The number of nitrogens with one attached hydrogen (secondary N) is 1. The van der Waals surface area contributed by atoms with Crippen molar-refractivity contribution in [1.29, 1.82) is 0 Å². The molecule has 1 aliphatic heterocycles. The number of benzene rings is 1. The highest BCUT2D eigenvalue weighted by atomic mass is 35.5. The van der Waals surface area contributed by atoms with Crippen molar-refractivity contribution in [3.05, 3.63) is 35.6 Å². The summed E-state index contributed by atoms with van der Waals surface area (Å²) in [6, 6.07) is 5.58. The summed E-state index contributed by atoms with van der Waals surface area (Å²) in [4.78, 5) is 11.6. The van der Waals surface area contributed by atoms with Crippen molar-refractivity contribution in [2.45, 2.75) is 0 Å². The van der Waals surface area contributed by atoms with Gasteiger partial charge in [0.25, 0.3) is 0 Å². The molecule has 4 rings (SSSR count). The van der Waals surface area contributed by atoms with Gasteiger partial charge in [-0.2, -0.15) is 4.98 Å². The van der Waals surface area contributed by atoms with Gasteiger partial charge < -0.3 is 19.7 Å². The zero-order valence-electron chi connectivity index (χ0n) is 14.7. The van der Waals surface area contributed by atoms with Crippen LogP contribution >= 0.6 is 11.6 Å². The first kappa shape index (κ1) is 16.9. The number of fused-ring (bicyclic) bond motifs is 1. The van der Waals surface area contributed by atoms with E-state index < -0.39 is 0 Å². The van der Waals surface area contributed by atoms with Crippen LogP contribution in [0.1, 0.15) is 0 Å². The number of halogens is 1. The number of methoxy groups -OCH3 is 2. The van der Waals surface area contributed by atoms with Gasteiger partial charge in [-0.15, -0.1) is 0 Å². The second-order valence-corrected chi connectivity index (χ2v) is 6.45. The number of hydrogen-bond acceptors (Lipinski definition) is 6. The number of anilines is 1. The van der Waals surface area contributed by atoms with E-state index >= 15 is 0 Å². The lowest BCUT2D eigenvalue weighted by atomic mass is 10.1. The maximum Gasteiger partial charge on any atom is 0.236 e. The number of ether oxygens (including phenoxy) is 2. The number of aromatic nitrogens is 3. The molecule has 1 saturated heterocycles. The van der Waals surface area contributed by atoms with Gasteiger partial charge in [-0.25, -0.2) is 4.98 Å². The second kappa shape index (κ2) is 7.01. The highest BCUT2D eigenvalue weighted by molar-refractivity contribution is 6.32. The van der Waals surface area contributed by atoms with E-state index in [2.05, 4.69) is 15.2 Å². The Morgan fingerprint density at radius 3 is 2.58 bits per heavy atom. The summed E-state index contributed by atoms with van der Waals surface area (Å²) in [5, 5.41) is 3.86. The average Bonchev–Trinajstić information content (AvgIpc) is 3.11. The molecule has 0 bridgehead atoms. The number of piperazine rings is 1. The minimum atomic E-state index is 0.509. The van der Waals surface area contributed by atoms with E-state index in [0.717, 1.165) is 43.3 Å². The molecule has 0 amide bonds. The predicted octanol–water partition coefficient (Wildman–Crippen LogP) is 2.48. The van der Waals surface area contributed by atoms with Crippen LogP contribution in [0.3, 0.4) is 0 Å². The minimum absolute atomic E-state index is 0.509. The fourth-order valence-electron chi connectivity index (χ4n) is 3.12. The van der Waals surface area contributed by atoms with E-state index in [1.54, 1.807) is 26.4 Å². The Kier molecular flexibility index (Phi) is 4.57. The Hall–Kier alpha value is -2.51. The Morgan fingerprint density at radius 1 is 1.08 bits per heavy atom. The summed E-state index contributed by atoms with van der Waals surface area (Å²) in [5.41, 5.74) is 1.55. The SMILES string of the molecule is COc1cc(OC)c(-c2cn3ccc(N4CCNCC4)nc3n2)cc1Cl. The normalized spacial score (nSPS) is 14.7. The Morgan fingerprint density at radius 2 is 1.85 bits per heavy atom. The molecule has 1 N–H and O–H groups in total. The van der Waals surface area contributed by atoms with Crippen LogP contribution in [0.4, 0.5) is 5.82 Å². The first-order chi connectivity index (χ1) is 12.7. The molecule has 0 radical (unpaired) electrons. The Balaban J connectivity index is 1.74. The van der Waals surface area contributed by atoms with Crippen molar-refractivity contribution in [2.24, 2.45) is 0 Å². The van der Waals surface area contributed by atoms with E-state index in [1.165, 1.54) is 0 Å². The van der Waals surface area contributed by atoms with Crippen LogP contribution < -0.4 is 19.7 Å². The first-order valence-corrected chi connectivity index (χ1v) is 8.80. The Bertz CT molecular complexity index is 937. The van der Waals surface area contributed by atoms with Crippen LogP contribution in [0.5, 0.6) is 11.5 Å². The monoisotopic (exact) mass is 373 g/mol. The molecule has 3 heterocycles. The maximum absolute atomic E-state index is 6.29. The fraction of sp³-hybridized carbons (Fsp3) is 0.333. The molecule has 0 atom stereocenters. The molecule has 1 aromatic carbocycles. The lowest BCUT2D eigenvalue weighted by molar-refractivity contribution is 0.395. The fourth-order valence-corrected chi connectivity index (χ4v) is 3.36. The molecule has 136 valence electrons. The molecular weight excluding hydrogens is 354 g/mol. The third-order valence-electron chi connectivity index (χ3n) is 4.50. The van der Waals surface area contributed by atoms with Gasteiger partial charge in [0, 0.05) is 50.2 Å². The van der Waals surface area contributed by atoms with Gasteiger partial charge in [0.05, 0.1) is 24.9 Å². The van der Waals surface area contributed by atoms with Gasteiger partial charge in [-0.3, -0.25) is 4.40 Å². The molecule has 2 aromatic heterocycles. The van der Waals surface area contributed by atoms with Crippen LogP contribution in [0.25, 0.3) is 17.0 Å². The standard InChI is InChI=1S/C18H20ClN5O2/c1-25-15-10-16(26-2)13(19)9-12(15)14-11-24-6-3-17(22-18(24)21-14)23-7-4-20-5-8-23/h3,6,9-11,20H,4-5,7-8H2,1-2H3. The summed E-state index contributed by atoms with van der Waals surface area (Å²) >= 11 is 6.29. The summed E-state index contributed by atoms with van der Waals surface area (Å²) in [6.07, 6.45) is 3.90. The van der Waals surface area contributed by atoms with Crippen LogP contribution in [0.2, 0.25) is 5.02 Å². The number of imidazole rings is 1. The summed E-state index contributed by atoms with van der Waals surface area (Å²) in [7, 11) is 3.19. The average molecular weight is 374 g/mol. The molecule has 1 aliphatic rings. The molecule has 3 aromatic rings. The highest BCUT2D eigenvalue weighted by Crippen LogP contribution is 2.38. The molecular formula is C18H20ClN5O2. The zero-order chi connectivity index (χ0) is 18.1. The zero-order valence-corrected chi connectivity index (χ0v) is 15.5. The molecule has 8 heteroatoms. The molecule has 0 aliphatic carbocycles. The van der Waals surface area contributed by atoms with E-state index in [0.29, 0.717) is 22.3 Å². The largest absolute Gasteiger partial charge is 0.496 e. The van der Waals surface area contributed by atoms with Crippen molar-refractivity contribution in [1.82, 2.24) is 19.7 Å². The smallest absolute Gasteiger partial charge is 0.236 e. The van der Waals surface area contributed by atoms with E-state index in [9.17, 15) is 0 Å². The topological polar surface area (TPSA) is 63.9 Å². The quantitative estimate of drug-likeness (QED) is 0.758. The van der Waals surface area contributed by atoms with E-state index in [-0.39, 0.29) is 0 Å². The van der Waals surface area contributed by atoms with Crippen LogP contribution in [0, 0.1) is 0 Å². The van der Waals surface area contributed by atoms with Crippen molar-refractivity contribution < 1.29 is 9.47 Å². The van der Waals surface area contributed by atoms with Crippen molar-refractivity contribution in [3.63, 3.8) is 0 Å². The van der Waals surface area contributed by atoms with Gasteiger partial charge in [0.15, 0.2) is 0 Å². The lowest BCUT2D eigenvalue weighted by Crippen LogP contribution is -2.43. The number of rotatable bonds is 4. The molecule has 26 heavy (non-hydrogen) atoms. The highest BCUT2D eigenvalue weighted by Gasteiger charge is 2.17. The van der Waals surface area contributed by atoms with Crippen molar-refractivity contribution >= 4 is 23.2 Å². The van der Waals surface area contributed by atoms with Gasteiger partial charge in [-0.05, 0) is 12.1 Å². The minimum Gasteiger partial charge on any atom is -0.496 e. The van der Waals surface area contributed by atoms with Crippen LogP contribution in [-0.2, 0) is 0 Å². The van der Waals surface area contributed by atoms with Crippen molar-refractivity contribution in [2.75, 3.05) is 45.3 Å². The second-order valence-electron chi connectivity index (χ2n) is 6.04. The summed E-state index contributed by atoms with van der Waals surface area (Å²) in [5.74, 6) is 2.80. The summed E-state index contributed by atoms with van der Waals surface area (Å²) < 4.78 is 12.6. The third kappa shape index (κ3) is 3.04. The molecule has 0 spiro atoms. The number of hydrogen-bond donors (Lipinski definition) is 1. The summed E-state index contributed by atoms with van der Waals surface area (Å²) in [6.45, 7) is 3.82. The molecule has 7 nitrogen and oxygen atoms in total. The molecule has 1 fully saturated rings. The molecule has 0 unspecified atom stereocenters. The van der Waals surface area contributed by atoms with Gasteiger partial charge in [0.1, 0.15) is 17.3 Å². The van der Waals surface area contributed by atoms with Crippen molar-refractivity contribution in [3.8, 4) is 22.8 Å². The van der Waals surface area contributed by atoms with E-state index in [4.69, 9.17) is 26.1 Å². The molecule has 0 saturated carbocycles. The Labute approximate surface area is 156 Å². The van der Waals surface area contributed by atoms with Crippen LogP contribution in [0.15, 0.2) is 30.6 Å². The van der Waals surface area contributed by atoms with Gasteiger partial charge >= 0.3 is 0 Å². The van der Waals surface area contributed by atoms with Crippen LogP contribution in [-0.4, -0.2) is 54.8 Å². The van der Waals surface area contributed by atoms with Gasteiger partial charge in [-0.1, -0.05) is 11.6 Å². The predicted molar refractivity (Wildman–Crippen MR) is 102 cm³/mol. The van der Waals surface area contributed by atoms with Gasteiger partial charge in [0.2, 0.25) is 5.78 Å². The first-order valence-electron chi connectivity index (χ1n) is 8.43. The lowest BCUT2D eigenvalue weighted by Gasteiger charge is -2.28. The number of nitrogens with zero attached hydrogens (tertiary/aromatic N) is 4. The third-order valence-corrected chi connectivity index (χ3v) is 4.80.